The third-order valence-corrected chi connectivity index (χ3v) is 4.81. The number of benzene rings is 2. The van der Waals surface area contributed by atoms with Crippen LogP contribution in [0.3, 0.4) is 0 Å². The first-order chi connectivity index (χ1) is 9.05. The summed E-state index contributed by atoms with van der Waals surface area (Å²) in [6.07, 6.45) is 0. The standard InChI is InChI=1S/C15H13NO2S/c1-12-7-9-13(10-8-12)15(11-16)19(17,18)14-5-3-2-4-6-14/h2-10,15H,1H3. The fraction of sp³-hybridized carbons (Fsp3) is 0.133. The summed E-state index contributed by atoms with van der Waals surface area (Å²) in [7, 11) is -3.68. The predicted octanol–water partition coefficient (Wildman–Crippen LogP) is 3.03. The summed E-state index contributed by atoms with van der Waals surface area (Å²) in [6.45, 7) is 1.91. The van der Waals surface area contributed by atoms with E-state index < -0.39 is 15.1 Å². The van der Waals surface area contributed by atoms with Gasteiger partial charge in [0.25, 0.3) is 0 Å². The van der Waals surface area contributed by atoms with Crippen LogP contribution < -0.4 is 0 Å². The molecule has 0 fully saturated rings. The van der Waals surface area contributed by atoms with E-state index >= 15 is 0 Å². The largest absolute Gasteiger partial charge is 0.222 e. The highest BCUT2D eigenvalue weighted by Crippen LogP contribution is 2.28. The second kappa shape index (κ2) is 5.25. The van der Waals surface area contributed by atoms with Crippen LogP contribution in [-0.2, 0) is 9.84 Å². The average Bonchev–Trinajstić information content (AvgIpc) is 2.42. The highest BCUT2D eigenvalue weighted by atomic mass is 32.2. The summed E-state index contributed by atoms with van der Waals surface area (Å²) in [5, 5.41) is 8.05. The molecule has 19 heavy (non-hydrogen) atoms. The van der Waals surface area contributed by atoms with Crippen molar-refractivity contribution in [2.24, 2.45) is 0 Å². The molecule has 0 aliphatic heterocycles. The van der Waals surface area contributed by atoms with Gasteiger partial charge in [0.15, 0.2) is 15.1 Å². The van der Waals surface area contributed by atoms with E-state index in [9.17, 15) is 13.7 Å². The van der Waals surface area contributed by atoms with Crippen LogP contribution in [0.5, 0.6) is 0 Å². The zero-order chi connectivity index (χ0) is 13.9. The molecule has 0 amide bonds. The third-order valence-electron chi connectivity index (χ3n) is 2.88. The minimum absolute atomic E-state index is 0.169. The average molecular weight is 271 g/mol. The van der Waals surface area contributed by atoms with Crippen LogP contribution in [0.15, 0.2) is 59.5 Å². The monoisotopic (exact) mass is 271 g/mol. The molecule has 4 heteroatoms. The number of nitrogens with zero attached hydrogens (tertiary/aromatic N) is 1. The second-order valence-corrected chi connectivity index (χ2v) is 6.31. The van der Waals surface area contributed by atoms with Crippen molar-refractivity contribution in [3.05, 3.63) is 65.7 Å². The van der Waals surface area contributed by atoms with Gasteiger partial charge in [-0.05, 0) is 24.6 Å². The Balaban J connectivity index is 2.49. The van der Waals surface area contributed by atoms with Crippen molar-refractivity contribution in [1.29, 1.82) is 5.26 Å². The third kappa shape index (κ3) is 2.67. The lowest BCUT2D eigenvalue weighted by atomic mass is 10.1. The SMILES string of the molecule is Cc1ccc(C(C#N)S(=O)(=O)c2ccccc2)cc1. The van der Waals surface area contributed by atoms with E-state index in [-0.39, 0.29) is 4.90 Å². The molecule has 0 spiro atoms. The Labute approximate surface area is 113 Å². The molecule has 1 atom stereocenters. The molecular weight excluding hydrogens is 258 g/mol. The van der Waals surface area contributed by atoms with E-state index in [0.29, 0.717) is 5.56 Å². The van der Waals surface area contributed by atoms with Gasteiger partial charge in [-0.15, -0.1) is 0 Å². The van der Waals surface area contributed by atoms with Gasteiger partial charge in [-0.25, -0.2) is 8.42 Å². The quantitative estimate of drug-likeness (QED) is 0.862. The molecule has 2 aromatic carbocycles. The molecule has 2 aromatic rings. The maximum Gasteiger partial charge on any atom is 0.198 e. The van der Waals surface area contributed by atoms with E-state index in [2.05, 4.69) is 0 Å². The highest BCUT2D eigenvalue weighted by molar-refractivity contribution is 7.92. The molecule has 0 saturated heterocycles. The minimum Gasteiger partial charge on any atom is -0.222 e. The number of sulfone groups is 1. The first kappa shape index (κ1) is 13.3. The maximum absolute atomic E-state index is 12.4. The molecule has 96 valence electrons. The maximum atomic E-state index is 12.4. The van der Waals surface area contributed by atoms with E-state index in [1.807, 2.05) is 13.0 Å². The Morgan fingerprint density at radius 2 is 1.58 bits per heavy atom. The van der Waals surface area contributed by atoms with E-state index in [4.69, 9.17) is 0 Å². The number of nitriles is 1. The Morgan fingerprint density at radius 1 is 1.00 bits per heavy atom. The molecule has 3 nitrogen and oxygen atoms in total. The molecule has 0 saturated carbocycles. The Morgan fingerprint density at radius 3 is 2.11 bits per heavy atom. The van der Waals surface area contributed by atoms with Gasteiger partial charge in [-0.1, -0.05) is 48.0 Å². The Bertz CT molecular complexity index is 698. The van der Waals surface area contributed by atoms with Crippen molar-refractivity contribution < 1.29 is 8.42 Å². The van der Waals surface area contributed by atoms with E-state index in [1.165, 1.54) is 12.1 Å². The van der Waals surface area contributed by atoms with Crippen molar-refractivity contribution in [2.75, 3.05) is 0 Å². The summed E-state index contributed by atoms with van der Waals surface area (Å²) >= 11 is 0. The molecule has 0 radical (unpaired) electrons. The molecular formula is C15H13NO2S. The molecule has 0 aliphatic carbocycles. The molecule has 0 aliphatic rings. The fourth-order valence-electron chi connectivity index (χ4n) is 1.81. The lowest BCUT2D eigenvalue weighted by Gasteiger charge is -2.11. The summed E-state index contributed by atoms with van der Waals surface area (Å²) in [4.78, 5) is 0.169. The van der Waals surface area contributed by atoms with Gasteiger partial charge in [-0.2, -0.15) is 5.26 Å². The van der Waals surface area contributed by atoms with Crippen molar-refractivity contribution in [3.8, 4) is 6.07 Å². The van der Waals surface area contributed by atoms with Gasteiger partial charge in [0.05, 0.1) is 11.0 Å². The van der Waals surface area contributed by atoms with Gasteiger partial charge in [0, 0.05) is 0 Å². The van der Waals surface area contributed by atoms with Crippen LogP contribution >= 0.6 is 0 Å². The first-order valence-corrected chi connectivity index (χ1v) is 7.35. The van der Waals surface area contributed by atoms with Crippen molar-refractivity contribution in [2.45, 2.75) is 17.1 Å². The first-order valence-electron chi connectivity index (χ1n) is 5.81. The summed E-state index contributed by atoms with van der Waals surface area (Å²) in [5.41, 5.74) is 1.52. The Kier molecular flexibility index (Phi) is 3.68. The van der Waals surface area contributed by atoms with Crippen LogP contribution in [0.25, 0.3) is 0 Å². The van der Waals surface area contributed by atoms with Gasteiger partial charge in [0.1, 0.15) is 0 Å². The van der Waals surface area contributed by atoms with E-state index in [1.54, 1.807) is 42.5 Å². The number of hydrogen-bond donors (Lipinski definition) is 0. The van der Waals surface area contributed by atoms with Crippen LogP contribution in [0.2, 0.25) is 0 Å². The highest BCUT2D eigenvalue weighted by Gasteiger charge is 2.28. The van der Waals surface area contributed by atoms with Crippen LogP contribution in [-0.4, -0.2) is 8.42 Å². The van der Waals surface area contributed by atoms with Gasteiger partial charge in [-0.3, -0.25) is 0 Å². The molecule has 0 N–H and O–H groups in total. The van der Waals surface area contributed by atoms with E-state index in [0.717, 1.165) is 5.56 Å². The van der Waals surface area contributed by atoms with Gasteiger partial charge in [0.2, 0.25) is 0 Å². The van der Waals surface area contributed by atoms with Crippen molar-refractivity contribution in [1.82, 2.24) is 0 Å². The number of aryl methyl sites for hydroxylation is 1. The van der Waals surface area contributed by atoms with Crippen LogP contribution in [0.1, 0.15) is 16.4 Å². The second-order valence-electron chi connectivity index (χ2n) is 4.28. The van der Waals surface area contributed by atoms with Crippen molar-refractivity contribution in [3.63, 3.8) is 0 Å². The molecule has 2 rings (SSSR count). The lowest BCUT2D eigenvalue weighted by molar-refractivity contribution is 0.591. The summed E-state index contributed by atoms with van der Waals surface area (Å²) in [6, 6.07) is 16.9. The minimum atomic E-state index is -3.68. The smallest absolute Gasteiger partial charge is 0.198 e. The summed E-state index contributed by atoms with van der Waals surface area (Å²) in [5.74, 6) is 0. The van der Waals surface area contributed by atoms with Crippen molar-refractivity contribution >= 4 is 9.84 Å². The fourth-order valence-corrected chi connectivity index (χ4v) is 3.27. The zero-order valence-corrected chi connectivity index (χ0v) is 11.3. The normalized spacial score (nSPS) is 12.6. The molecule has 0 bridgehead atoms. The predicted molar refractivity (Wildman–Crippen MR) is 73.2 cm³/mol. The van der Waals surface area contributed by atoms with Crippen LogP contribution in [0, 0.1) is 18.3 Å². The zero-order valence-electron chi connectivity index (χ0n) is 10.4. The lowest BCUT2D eigenvalue weighted by Crippen LogP contribution is -2.12. The number of hydrogen-bond acceptors (Lipinski definition) is 3. The van der Waals surface area contributed by atoms with Gasteiger partial charge >= 0.3 is 0 Å². The Hall–Kier alpha value is -2.12. The van der Waals surface area contributed by atoms with Gasteiger partial charge < -0.3 is 0 Å². The molecule has 1 unspecified atom stereocenters. The topological polar surface area (TPSA) is 57.9 Å². The molecule has 0 heterocycles. The van der Waals surface area contributed by atoms with Crippen LogP contribution in [0.4, 0.5) is 0 Å². The molecule has 0 aromatic heterocycles. The summed E-state index contributed by atoms with van der Waals surface area (Å²) < 4.78 is 24.9. The number of rotatable bonds is 3.